The maximum Gasteiger partial charge on any atom is 0.255 e. The smallest absolute Gasteiger partial charge is 0.255 e. The molecule has 136 valence electrons. The van der Waals surface area contributed by atoms with E-state index in [1.807, 2.05) is 6.92 Å². The third-order valence-corrected chi connectivity index (χ3v) is 4.90. The average Bonchev–Trinajstić information content (AvgIpc) is 2.62. The first kappa shape index (κ1) is 18.1. The maximum absolute atomic E-state index is 12.7. The van der Waals surface area contributed by atoms with Gasteiger partial charge in [0.15, 0.2) is 0 Å². The number of nitrogens with two attached hydrogens (primary N) is 1. The minimum absolute atomic E-state index is 0.0627. The molecule has 1 heterocycles. The Balaban J connectivity index is 1.67. The van der Waals surface area contributed by atoms with Gasteiger partial charge in [-0.25, -0.2) is 0 Å². The number of rotatable bonds is 4. The summed E-state index contributed by atoms with van der Waals surface area (Å²) >= 11 is 0. The highest BCUT2D eigenvalue weighted by Gasteiger charge is 2.37. The predicted octanol–water partition coefficient (Wildman–Crippen LogP) is 3.18. The Labute approximate surface area is 153 Å². The van der Waals surface area contributed by atoms with Crippen molar-refractivity contribution in [2.24, 2.45) is 11.7 Å². The highest BCUT2D eigenvalue weighted by atomic mass is 16.2. The van der Waals surface area contributed by atoms with Gasteiger partial charge in [0.2, 0.25) is 5.91 Å². The molecule has 0 saturated heterocycles. The Morgan fingerprint density at radius 3 is 2.50 bits per heavy atom. The molecule has 1 aromatic heterocycles. The highest BCUT2D eigenvalue weighted by Crippen LogP contribution is 2.32. The summed E-state index contributed by atoms with van der Waals surface area (Å²) in [5.41, 5.74) is 7.62. The molecule has 2 atom stereocenters. The van der Waals surface area contributed by atoms with Crippen LogP contribution in [0.5, 0.6) is 0 Å². The molecular weight excluding hydrogens is 328 g/mol. The van der Waals surface area contributed by atoms with Crippen LogP contribution in [0, 0.1) is 5.92 Å². The van der Waals surface area contributed by atoms with Gasteiger partial charge in [0.25, 0.3) is 5.91 Å². The van der Waals surface area contributed by atoms with Crippen LogP contribution in [0.1, 0.15) is 43.0 Å². The van der Waals surface area contributed by atoms with E-state index >= 15 is 0 Å². The van der Waals surface area contributed by atoms with Crippen molar-refractivity contribution in [3.8, 4) is 0 Å². The molecular formula is C20H24N4O2. The second kappa shape index (κ2) is 7.66. The number of pyridine rings is 1. The average molecular weight is 352 g/mol. The number of anilines is 2. The van der Waals surface area contributed by atoms with Crippen LogP contribution in [-0.4, -0.2) is 22.3 Å². The topological polar surface area (TPSA) is 97.1 Å². The first-order valence-corrected chi connectivity index (χ1v) is 8.87. The van der Waals surface area contributed by atoms with Gasteiger partial charge in [0.1, 0.15) is 0 Å². The van der Waals surface area contributed by atoms with Gasteiger partial charge in [0.05, 0.1) is 5.92 Å². The lowest BCUT2D eigenvalue weighted by atomic mass is 9.74. The summed E-state index contributed by atoms with van der Waals surface area (Å²) in [6.07, 6.45) is 6.88. The fourth-order valence-corrected chi connectivity index (χ4v) is 3.40. The minimum Gasteiger partial charge on any atom is -0.326 e. The Morgan fingerprint density at radius 2 is 1.81 bits per heavy atom. The predicted molar refractivity (Wildman–Crippen MR) is 102 cm³/mol. The first-order chi connectivity index (χ1) is 12.5. The molecule has 1 aliphatic rings. The molecule has 0 aliphatic heterocycles. The van der Waals surface area contributed by atoms with Gasteiger partial charge in [-0.15, -0.1) is 0 Å². The van der Waals surface area contributed by atoms with Crippen LogP contribution in [-0.2, 0) is 4.79 Å². The second-order valence-electron chi connectivity index (χ2n) is 7.06. The van der Waals surface area contributed by atoms with Crippen LogP contribution >= 0.6 is 0 Å². The summed E-state index contributed by atoms with van der Waals surface area (Å²) < 4.78 is 0. The Bertz CT molecular complexity index is 789. The van der Waals surface area contributed by atoms with Gasteiger partial charge in [-0.2, -0.15) is 0 Å². The number of carbonyl (C=O) groups is 2. The fraction of sp³-hybridized carbons (Fsp3) is 0.350. The number of hydrogen-bond donors (Lipinski definition) is 3. The molecule has 1 aromatic carbocycles. The molecule has 3 rings (SSSR count). The zero-order valence-electron chi connectivity index (χ0n) is 14.9. The van der Waals surface area contributed by atoms with Crippen LogP contribution in [0.4, 0.5) is 11.4 Å². The SMILES string of the molecule is CC1(N)CCCCC1C(=O)Nc1cccc(NC(=O)c2ccncc2)c1. The standard InChI is InChI=1S/C20H24N4O2/c1-20(21)10-3-2-7-17(20)19(26)24-16-6-4-5-15(13-16)23-18(25)14-8-11-22-12-9-14/h4-6,8-9,11-13,17H,2-3,7,10,21H2,1H3,(H,23,25)(H,24,26). The van der Waals surface area contributed by atoms with E-state index < -0.39 is 5.54 Å². The van der Waals surface area contributed by atoms with Crippen molar-refractivity contribution in [1.29, 1.82) is 0 Å². The summed E-state index contributed by atoms with van der Waals surface area (Å²) in [5, 5.41) is 5.77. The lowest BCUT2D eigenvalue weighted by Crippen LogP contribution is -2.51. The molecule has 2 aromatic rings. The largest absolute Gasteiger partial charge is 0.326 e. The van der Waals surface area contributed by atoms with E-state index in [0.29, 0.717) is 16.9 Å². The van der Waals surface area contributed by atoms with Gasteiger partial charge < -0.3 is 16.4 Å². The zero-order valence-corrected chi connectivity index (χ0v) is 14.9. The van der Waals surface area contributed by atoms with Crippen LogP contribution in [0.25, 0.3) is 0 Å². The molecule has 26 heavy (non-hydrogen) atoms. The summed E-state index contributed by atoms with van der Waals surface area (Å²) in [4.78, 5) is 28.8. The maximum atomic E-state index is 12.7. The third kappa shape index (κ3) is 4.26. The van der Waals surface area contributed by atoms with E-state index in [-0.39, 0.29) is 17.7 Å². The molecule has 0 bridgehead atoms. The lowest BCUT2D eigenvalue weighted by molar-refractivity contribution is -0.122. The van der Waals surface area contributed by atoms with Crippen molar-refractivity contribution in [2.45, 2.75) is 38.1 Å². The molecule has 2 unspecified atom stereocenters. The molecule has 6 nitrogen and oxygen atoms in total. The molecule has 1 aliphatic carbocycles. The molecule has 0 spiro atoms. The highest BCUT2D eigenvalue weighted by molar-refractivity contribution is 6.04. The van der Waals surface area contributed by atoms with Crippen molar-refractivity contribution >= 4 is 23.2 Å². The van der Waals surface area contributed by atoms with Crippen LogP contribution < -0.4 is 16.4 Å². The van der Waals surface area contributed by atoms with Crippen molar-refractivity contribution in [3.05, 3.63) is 54.4 Å². The lowest BCUT2D eigenvalue weighted by Gasteiger charge is -2.37. The Kier molecular flexibility index (Phi) is 5.32. The molecule has 2 amide bonds. The summed E-state index contributed by atoms with van der Waals surface area (Å²) in [7, 11) is 0. The third-order valence-electron chi connectivity index (χ3n) is 4.90. The van der Waals surface area contributed by atoms with Crippen molar-refractivity contribution in [3.63, 3.8) is 0 Å². The summed E-state index contributed by atoms with van der Waals surface area (Å²) in [5.74, 6) is -0.490. The molecule has 0 radical (unpaired) electrons. The van der Waals surface area contributed by atoms with E-state index in [1.165, 1.54) is 0 Å². The monoisotopic (exact) mass is 352 g/mol. The van der Waals surface area contributed by atoms with E-state index in [1.54, 1.807) is 48.8 Å². The van der Waals surface area contributed by atoms with Gasteiger partial charge >= 0.3 is 0 Å². The summed E-state index contributed by atoms with van der Waals surface area (Å²) in [6, 6.07) is 10.4. The molecule has 1 saturated carbocycles. The van der Waals surface area contributed by atoms with Crippen molar-refractivity contribution < 1.29 is 9.59 Å². The fourth-order valence-electron chi connectivity index (χ4n) is 3.40. The number of nitrogens with one attached hydrogen (secondary N) is 2. The number of hydrogen-bond acceptors (Lipinski definition) is 4. The number of carbonyl (C=O) groups excluding carboxylic acids is 2. The van der Waals surface area contributed by atoms with Crippen LogP contribution in [0.15, 0.2) is 48.8 Å². The number of aromatic nitrogens is 1. The minimum atomic E-state index is -0.477. The van der Waals surface area contributed by atoms with Crippen LogP contribution in [0.3, 0.4) is 0 Å². The quantitative estimate of drug-likeness (QED) is 0.787. The molecule has 6 heteroatoms. The number of nitrogens with zero attached hydrogens (tertiary/aromatic N) is 1. The second-order valence-corrected chi connectivity index (χ2v) is 7.06. The zero-order chi connectivity index (χ0) is 18.6. The number of amides is 2. The molecule has 1 fully saturated rings. The normalized spacial score (nSPS) is 22.5. The Hall–Kier alpha value is -2.73. The van der Waals surface area contributed by atoms with E-state index in [9.17, 15) is 9.59 Å². The number of benzene rings is 1. The van der Waals surface area contributed by atoms with Gasteiger partial charge in [-0.3, -0.25) is 14.6 Å². The summed E-state index contributed by atoms with van der Waals surface area (Å²) in [6.45, 7) is 1.95. The molecule has 4 N–H and O–H groups in total. The van der Waals surface area contributed by atoms with Crippen molar-refractivity contribution in [1.82, 2.24) is 4.98 Å². The first-order valence-electron chi connectivity index (χ1n) is 8.87. The van der Waals surface area contributed by atoms with Crippen molar-refractivity contribution in [2.75, 3.05) is 10.6 Å². The van der Waals surface area contributed by atoms with E-state index in [2.05, 4.69) is 15.6 Å². The van der Waals surface area contributed by atoms with Gasteiger partial charge in [-0.1, -0.05) is 18.9 Å². The van der Waals surface area contributed by atoms with E-state index in [0.717, 1.165) is 25.7 Å². The Morgan fingerprint density at radius 1 is 1.12 bits per heavy atom. The van der Waals surface area contributed by atoms with Crippen LogP contribution in [0.2, 0.25) is 0 Å². The van der Waals surface area contributed by atoms with E-state index in [4.69, 9.17) is 5.73 Å². The van der Waals surface area contributed by atoms with Gasteiger partial charge in [0, 0.05) is 34.9 Å². The van der Waals surface area contributed by atoms with Gasteiger partial charge in [-0.05, 0) is 50.1 Å².